The van der Waals surface area contributed by atoms with E-state index in [4.69, 9.17) is 4.74 Å². The molecule has 0 N–H and O–H groups in total. The molecule has 0 aromatic rings. The molecule has 25 heavy (non-hydrogen) atoms. The van der Waals surface area contributed by atoms with Crippen molar-refractivity contribution in [2.75, 3.05) is 0 Å². The fraction of sp³-hybridized carbons (Fsp3) is 0.818. The maximum Gasteiger partial charge on any atom is 0.302 e. The van der Waals surface area contributed by atoms with Crippen molar-refractivity contribution >= 4 is 5.97 Å². The van der Waals surface area contributed by atoms with Gasteiger partial charge in [-0.05, 0) is 80.5 Å². The number of allylic oxidation sites excluding steroid dienone is 2. The Kier molecular flexibility index (Phi) is 4.02. The molecule has 3 heteroatoms. The Balaban J connectivity index is 1.54. The van der Waals surface area contributed by atoms with E-state index in [0.29, 0.717) is 17.3 Å². The Morgan fingerprint density at radius 2 is 2.00 bits per heavy atom. The van der Waals surface area contributed by atoms with Crippen LogP contribution in [0.4, 0.5) is 0 Å². The van der Waals surface area contributed by atoms with Gasteiger partial charge in [-0.3, -0.25) is 4.79 Å². The molecule has 3 nitrogen and oxygen atoms in total. The van der Waals surface area contributed by atoms with Crippen LogP contribution in [-0.4, -0.2) is 12.1 Å². The van der Waals surface area contributed by atoms with Crippen LogP contribution in [0.25, 0.3) is 0 Å². The van der Waals surface area contributed by atoms with Crippen LogP contribution in [0.5, 0.6) is 0 Å². The van der Waals surface area contributed by atoms with Crippen LogP contribution in [0.1, 0.15) is 72.1 Å². The van der Waals surface area contributed by atoms with E-state index in [1.165, 1.54) is 39.0 Å². The number of rotatable bonds is 1. The first-order valence-corrected chi connectivity index (χ1v) is 10.2. The molecular formula is C22H31NO2. The summed E-state index contributed by atoms with van der Waals surface area (Å²) >= 11 is 0. The van der Waals surface area contributed by atoms with Gasteiger partial charge in [0, 0.05) is 17.9 Å². The first-order valence-electron chi connectivity index (χ1n) is 10.2. The summed E-state index contributed by atoms with van der Waals surface area (Å²) in [4.78, 5) is 11.3. The average molecular weight is 341 g/mol. The largest absolute Gasteiger partial charge is 0.463 e. The molecule has 0 aromatic heterocycles. The highest BCUT2D eigenvalue weighted by Crippen LogP contribution is 2.66. The van der Waals surface area contributed by atoms with Crippen LogP contribution in [0.3, 0.4) is 0 Å². The van der Waals surface area contributed by atoms with E-state index >= 15 is 0 Å². The SMILES string of the molecule is CC(=O)OC1CCC2(C)C(CCC3C4CC=C(C#N)C4(C)CCC32)C1. The Morgan fingerprint density at radius 1 is 1.20 bits per heavy atom. The lowest BCUT2D eigenvalue weighted by Gasteiger charge is -2.60. The normalized spacial score (nSPS) is 48.4. The number of ether oxygens (including phenoxy) is 1. The number of fused-ring (bicyclic) bond motifs is 5. The van der Waals surface area contributed by atoms with Gasteiger partial charge in [-0.25, -0.2) is 0 Å². The maximum absolute atomic E-state index is 11.3. The molecule has 0 aromatic carbocycles. The number of esters is 1. The van der Waals surface area contributed by atoms with Crippen molar-refractivity contribution in [3.8, 4) is 6.07 Å². The Labute approximate surface area is 151 Å². The third-order valence-electron chi connectivity index (χ3n) is 8.65. The van der Waals surface area contributed by atoms with Crippen LogP contribution in [-0.2, 0) is 9.53 Å². The van der Waals surface area contributed by atoms with E-state index in [0.717, 1.165) is 36.7 Å². The molecule has 0 spiro atoms. The molecule has 3 fully saturated rings. The summed E-state index contributed by atoms with van der Waals surface area (Å²) in [6.45, 7) is 6.41. The molecule has 3 saturated carbocycles. The topological polar surface area (TPSA) is 50.1 Å². The number of nitriles is 1. The van der Waals surface area contributed by atoms with Gasteiger partial charge in [0.05, 0.1) is 6.07 Å². The number of carbonyl (C=O) groups excluding carboxylic acids is 1. The van der Waals surface area contributed by atoms with Gasteiger partial charge in [0.1, 0.15) is 6.10 Å². The summed E-state index contributed by atoms with van der Waals surface area (Å²) in [7, 11) is 0. The summed E-state index contributed by atoms with van der Waals surface area (Å²) in [5, 5.41) is 9.55. The van der Waals surface area contributed by atoms with Gasteiger partial charge < -0.3 is 4.74 Å². The van der Waals surface area contributed by atoms with E-state index in [1.807, 2.05) is 0 Å². The highest BCUT2D eigenvalue weighted by molar-refractivity contribution is 5.66. The Bertz CT molecular complexity index is 647. The van der Waals surface area contributed by atoms with Crippen molar-refractivity contribution in [1.82, 2.24) is 0 Å². The van der Waals surface area contributed by atoms with Gasteiger partial charge in [-0.15, -0.1) is 0 Å². The van der Waals surface area contributed by atoms with Gasteiger partial charge >= 0.3 is 5.97 Å². The highest BCUT2D eigenvalue weighted by atomic mass is 16.5. The van der Waals surface area contributed by atoms with Crippen LogP contribution < -0.4 is 0 Å². The lowest BCUT2D eigenvalue weighted by molar-refractivity contribution is -0.158. The lowest BCUT2D eigenvalue weighted by atomic mass is 9.44. The zero-order valence-electron chi connectivity index (χ0n) is 15.9. The third kappa shape index (κ3) is 2.47. The zero-order chi connectivity index (χ0) is 17.8. The van der Waals surface area contributed by atoms with E-state index < -0.39 is 0 Å². The van der Waals surface area contributed by atoms with Crippen molar-refractivity contribution in [2.45, 2.75) is 78.2 Å². The second-order valence-electron chi connectivity index (χ2n) is 9.58. The molecule has 0 saturated heterocycles. The number of hydrogen-bond donors (Lipinski definition) is 0. The standard InChI is InChI=1S/C22H31NO2/c1-14(24)25-17-8-10-21(2)15(12-17)4-6-18-19-7-5-16(13-23)22(19,3)11-9-20(18)21/h5,15,17-20H,4,6-12H2,1-3H3. The van der Waals surface area contributed by atoms with Crippen LogP contribution in [0.2, 0.25) is 0 Å². The molecule has 4 aliphatic rings. The predicted molar refractivity (Wildman–Crippen MR) is 96.4 cm³/mol. The first kappa shape index (κ1) is 17.1. The fourth-order valence-corrected chi connectivity index (χ4v) is 7.30. The quantitative estimate of drug-likeness (QED) is 0.629. The summed E-state index contributed by atoms with van der Waals surface area (Å²) in [5.74, 6) is 2.80. The third-order valence-corrected chi connectivity index (χ3v) is 8.65. The molecule has 7 unspecified atom stereocenters. The number of hydrogen-bond acceptors (Lipinski definition) is 3. The molecule has 4 rings (SSSR count). The van der Waals surface area contributed by atoms with E-state index in [-0.39, 0.29) is 17.5 Å². The van der Waals surface area contributed by atoms with Crippen LogP contribution in [0.15, 0.2) is 11.6 Å². The molecular weight excluding hydrogens is 310 g/mol. The Morgan fingerprint density at radius 3 is 2.72 bits per heavy atom. The zero-order valence-corrected chi connectivity index (χ0v) is 15.9. The molecule has 0 heterocycles. The Hall–Kier alpha value is -1.30. The van der Waals surface area contributed by atoms with Crippen molar-refractivity contribution in [2.24, 2.45) is 34.5 Å². The van der Waals surface area contributed by atoms with Crippen molar-refractivity contribution in [3.63, 3.8) is 0 Å². The molecule has 0 amide bonds. The van der Waals surface area contributed by atoms with Gasteiger partial charge in [0.25, 0.3) is 0 Å². The lowest BCUT2D eigenvalue weighted by Crippen LogP contribution is -2.53. The molecule has 0 radical (unpaired) electrons. The fourth-order valence-electron chi connectivity index (χ4n) is 7.30. The van der Waals surface area contributed by atoms with Gasteiger partial charge in [-0.2, -0.15) is 5.26 Å². The van der Waals surface area contributed by atoms with E-state index in [1.54, 1.807) is 0 Å². The van der Waals surface area contributed by atoms with Crippen molar-refractivity contribution < 1.29 is 9.53 Å². The smallest absolute Gasteiger partial charge is 0.302 e. The van der Waals surface area contributed by atoms with Gasteiger partial charge in [-0.1, -0.05) is 19.9 Å². The number of nitrogens with zero attached hydrogens (tertiary/aromatic N) is 1. The second kappa shape index (κ2) is 5.86. The minimum atomic E-state index is -0.128. The summed E-state index contributed by atoms with van der Waals surface area (Å²) < 4.78 is 5.55. The number of carbonyl (C=O) groups is 1. The summed E-state index contributed by atoms with van der Waals surface area (Å²) in [6.07, 6.45) is 11.8. The first-order chi connectivity index (χ1) is 11.9. The monoisotopic (exact) mass is 341 g/mol. The van der Waals surface area contributed by atoms with E-state index in [9.17, 15) is 10.1 Å². The van der Waals surface area contributed by atoms with E-state index in [2.05, 4.69) is 26.0 Å². The molecule has 7 atom stereocenters. The van der Waals surface area contributed by atoms with Gasteiger partial charge in [0.2, 0.25) is 0 Å². The second-order valence-corrected chi connectivity index (χ2v) is 9.58. The predicted octanol–water partition coefficient (Wildman–Crippen LogP) is 5.02. The maximum atomic E-state index is 11.3. The molecule has 0 aliphatic heterocycles. The highest BCUT2D eigenvalue weighted by Gasteiger charge is 2.58. The average Bonchev–Trinajstić information content (AvgIpc) is 2.91. The van der Waals surface area contributed by atoms with Crippen LogP contribution >= 0.6 is 0 Å². The summed E-state index contributed by atoms with van der Waals surface area (Å²) in [5.41, 5.74) is 1.59. The molecule has 4 aliphatic carbocycles. The summed E-state index contributed by atoms with van der Waals surface area (Å²) in [6, 6.07) is 2.50. The molecule has 136 valence electrons. The van der Waals surface area contributed by atoms with Crippen LogP contribution in [0, 0.1) is 45.8 Å². The minimum absolute atomic E-state index is 0.128. The van der Waals surface area contributed by atoms with Crippen molar-refractivity contribution in [3.05, 3.63) is 11.6 Å². The minimum Gasteiger partial charge on any atom is -0.463 e. The van der Waals surface area contributed by atoms with Crippen molar-refractivity contribution in [1.29, 1.82) is 5.26 Å². The molecule has 0 bridgehead atoms. The van der Waals surface area contributed by atoms with Gasteiger partial charge in [0.15, 0.2) is 0 Å².